The third kappa shape index (κ3) is 3.70. The van der Waals surface area contributed by atoms with Gasteiger partial charge in [-0.05, 0) is 38.5 Å². The first-order valence-electron chi connectivity index (χ1n) is 7.69. The number of rotatable bonds is 7. The lowest BCUT2D eigenvalue weighted by molar-refractivity contribution is -0.109. The highest BCUT2D eigenvalue weighted by atomic mass is 16.2. The molecular formula is C16H20N4O4. The Bertz CT molecular complexity index is 672. The van der Waals surface area contributed by atoms with Gasteiger partial charge in [0.15, 0.2) is 0 Å². The van der Waals surface area contributed by atoms with Crippen molar-refractivity contribution in [2.45, 2.75) is 26.3 Å². The van der Waals surface area contributed by atoms with Crippen molar-refractivity contribution in [2.75, 3.05) is 18.4 Å². The van der Waals surface area contributed by atoms with Gasteiger partial charge in [-0.25, -0.2) is 4.79 Å². The summed E-state index contributed by atoms with van der Waals surface area (Å²) < 4.78 is 0. The van der Waals surface area contributed by atoms with Gasteiger partial charge in [0.1, 0.15) is 0 Å². The van der Waals surface area contributed by atoms with Gasteiger partial charge in [-0.3, -0.25) is 19.3 Å². The number of imide groups is 1. The second kappa shape index (κ2) is 7.58. The molecule has 1 aliphatic rings. The first-order chi connectivity index (χ1) is 11.5. The van der Waals surface area contributed by atoms with Gasteiger partial charge in [-0.2, -0.15) is 0 Å². The van der Waals surface area contributed by atoms with Gasteiger partial charge >= 0.3 is 6.03 Å². The summed E-state index contributed by atoms with van der Waals surface area (Å²) in [5.74, 6) is -0.669. The van der Waals surface area contributed by atoms with Crippen molar-refractivity contribution in [1.82, 2.24) is 15.5 Å². The minimum Gasteiger partial charge on any atom is -0.359 e. The van der Waals surface area contributed by atoms with Crippen LogP contribution in [0.25, 0.3) is 0 Å². The van der Waals surface area contributed by atoms with Gasteiger partial charge < -0.3 is 16.0 Å². The van der Waals surface area contributed by atoms with Gasteiger partial charge in [0, 0.05) is 24.8 Å². The summed E-state index contributed by atoms with van der Waals surface area (Å²) in [4.78, 5) is 47.6. The van der Waals surface area contributed by atoms with E-state index in [-0.39, 0.29) is 17.9 Å². The van der Waals surface area contributed by atoms with Crippen molar-refractivity contribution in [2.24, 2.45) is 0 Å². The zero-order valence-corrected chi connectivity index (χ0v) is 13.6. The summed E-state index contributed by atoms with van der Waals surface area (Å²) >= 11 is 0. The summed E-state index contributed by atoms with van der Waals surface area (Å²) in [5.41, 5.74) is 1.07. The number of benzene rings is 1. The number of anilines is 1. The molecule has 0 unspecified atom stereocenters. The minimum absolute atomic E-state index is 0.225. The summed E-state index contributed by atoms with van der Waals surface area (Å²) in [6, 6.07) is 3.99. The average Bonchev–Trinajstić information content (AvgIpc) is 2.78. The largest absolute Gasteiger partial charge is 0.359 e. The predicted molar refractivity (Wildman–Crippen MR) is 87.8 cm³/mol. The fourth-order valence-electron chi connectivity index (χ4n) is 2.43. The van der Waals surface area contributed by atoms with E-state index < -0.39 is 6.03 Å². The van der Waals surface area contributed by atoms with Crippen molar-refractivity contribution >= 4 is 29.9 Å². The number of hydrogen-bond acceptors (Lipinski definition) is 4. The molecule has 8 heteroatoms. The highest BCUT2D eigenvalue weighted by Crippen LogP contribution is 2.27. The zero-order chi connectivity index (χ0) is 17.7. The van der Waals surface area contributed by atoms with E-state index in [1.807, 2.05) is 0 Å². The zero-order valence-electron chi connectivity index (χ0n) is 13.6. The molecule has 8 nitrogen and oxygen atoms in total. The maximum absolute atomic E-state index is 12.3. The summed E-state index contributed by atoms with van der Waals surface area (Å²) in [5, 5.41) is 7.75. The smallest absolute Gasteiger partial charge is 0.319 e. The number of carbonyl (C=O) groups is 4. The van der Waals surface area contributed by atoms with Crippen LogP contribution in [0.4, 0.5) is 10.5 Å². The van der Waals surface area contributed by atoms with E-state index in [1.54, 1.807) is 26.0 Å². The topological polar surface area (TPSA) is 108 Å². The molecule has 0 fully saturated rings. The van der Waals surface area contributed by atoms with E-state index in [0.29, 0.717) is 42.7 Å². The number of carbonyl (C=O) groups excluding carboxylic acids is 4. The molecule has 1 heterocycles. The van der Waals surface area contributed by atoms with E-state index in [2.05, 4.69) is 16.0 Å². The van der Waals surface area contributed by atoms with Gasteiger partial charge in [-0.15, -0.1) is 0 Å². The Hall–Kier alpha value is -2.90. The highest BCUT2D eigenvalue weighted by Gasteiger charge is 2.37. The first-order valence-corrected chi connectivity index (χ1v) is 7.69. The maximum Gasteiger partial charge on any atom is 0.319 e. The van der Waals surface area contributed by atoms with E-state index >= 15 is 0 Å². The van der Waals surface area contributed by atoms with E-state index in [4.69, 9.17) is 0 Å². The van der Waals surface area contributed by atoms with E-state index in [0.717, 1.165) is 0 Å². The fraction of sp³-hybridized carbons (Fsp3) is 0.375. The SMILES string of the molecule is CC(C)N1C(=O)c2ccc(NC(=O)NCCCNC=O)cc2C1=O. The number of nitrogens with zero attached hydrogens (tertiary/aromatic N) is 1. The van der Waals surface area contributed by atoms with Crippen LogP contribution in [-0.4, -0.2) is 48.3 Å². The molecule has 0 bridgehead atoms. The van der Waals surface area contributed by atoms with Crippen LogP contribution in [0.15, 0.2) is 18.2 Å². The lowest BCUT2D eigenvalue weighted by Gasteiger charge is -2.17. The minimum atomic E-state index is -0.418. The Morgan fingerprint density at radius 3 is 2.54 bits per heavy atom. The highest BCUT2D eigenvalue weighted by molar-refractivity contribution is 6.22. The molecule has 0 saturated heterocycles. The molecule has 3 N–H and O–H groups in total. The standard InChI is InChI=1S/C16H20N4O4/c1-10(2)20-14(22)12-5-4-11(8-13(12)15(20)23)19-16(24)18-7-3-6-17-9-21/h4-5,8-10H,3,6-7H2,1-2H3,(H,17,21)(H2,18,19,24). The van der Waals surface area contributed by atoms with Crippen molar-refractivity contribution in [1.29, 1.82) is 0 Å². The molecule has 24 heavy (non-hydrogen) atoms. The third-order valence-corrected chi connectivity index (χ3v) is 3.56. The van der Waals surface area contributed by atoms with Crippen LogP contribution in [-0.2, 0) is 4.79 Å². The van der Waals surface area contributed by atoms with Crippen molar-refractivity contribution < 1.29 is 19.2 Å². The molecule has 128 valence electrons. The quantitative estimate of drug-likeness (QED) is 0.392. The van der Waals surface area contributed by atoms with Crippen molar-refractivity contribution in [3.63, 3.8) is 0 Å². The fourth-order valence-corrected chi connectivity index (χ4v) is 2.43. The molecule has 0 atom stereocenters. The van der Waals surface area contributed by atoms with Crippen molar-refractivity contribution in [3.05, 3.63) is 29.3 Å². The third-order valence-electron chi connectivity index (χ3n) is 3.56. The molecule has 0 aromatic heterocycles. The van der Waals surface area contributed by atoms with Gasteiger partial charge in [-0.1, -0.05) is 0 Å². The average molecular weight is 332 g/mol. The van der Waals surface area contributed by atoms with Crippen LogP contribution >= 0.6 is 0 Å². The molecule has 0 spiro atoms. The van der Waals surface area contributed by atoms with Crippen LogP contribution < -0.4 is 16.0 Å². The molecule has 2 rings (SSSR count). The number of nitrogens with one attached hydrogen (secondary N) is 3. The molecule has 1 aliphatic heterocycles. The lowest BCUT2D eigenvalue weighted by Crippen LogP contribution is -2.35. The predicted octanol–water partition coefficient (Wildman–Crippen LogP) is 0.949. The number of fused-ring (bicyclic) bond motifs is 1. The lowest BCUT2D eigenvalue weighted by atomic mass is 10.1. The van der Waals surface area contributed by atoms with Crippen LogP contribution in [0, 0.1) is 0 Å². The van der Waals surface area contributed by atoms with Gasteiger partial charge in [0.05, 0.1) is 11.1 Å². The summed E-state index contributed by atoms with van der Waals surface area (Å²) in [6.07, 6.45) is 1.20. The number of urea groups is 1. The Balaban J connectivity index is 1.98. The molecule has 5 amide bonds. The normalized spacial score (nSPS) is 13.0. The van der Waals surface area contributed by atoms with E-state index in [9.17, 15) is 19.2 Å². The second-order valence-corrected chi connectivity index (χ2v) is 5.64. The van der Waals surface area contributed by atoms with Gasteiger partial charge in [0.2, 0.25) is 6.41 Å². The molecule has 0 aliphatic carbocycles. The van der Waals surface area contributed by atoms with Crippen LogP contribution in [0.5, 0.6) is 0 Å². The van der Waals surface area contributed by atoms with Gasteiger partial charge in [0.25, 0.3) is 11.8 Å². The van der Waals surface area contributed by atoms with Crippen LogP contribution in [0.1, 0.15) is 41.0 Å². The second-order valence-electron chi connectivity index (χ2n) is 5.64. The molecular weight excluding hydrogens is 312 g/mol. The molecule has 1 aromatic rings. The Kier molecular flexibility index (Phi) is 5.51. The Morgan fingerprint density at radius 2 is 1.88 bits per heavy atom. The maximum atomic E-state index is 12.3. The van der Waals surface area contributed by atoms with E-state index in [1.165, 1.54) is 11.0 Å². The monoisotopic (exact) mass is 332 g/mol. The summed E-state index contributed by atoms with van der Waals surface area (Å²) in [7, 11) is 0. The van der Waals surface area contributed by atoms with Crippen LogP contribution in [0.2, 0.25) is 0 Å². The molecule has 1 aromatic carbocycles. The van der Waals surface area contributed by atoms with Crippen LogP contribution in [0.3, 0.4) is 0 Å². The molecule has 0 radical (unpaired) electrons. The first kappa shape index (κ1) is 17.5. The Labute approximate surface area is 139 Å². The molecule has 0 saturated carbocycles. The Morgan fingerprint density at radius 1 is 1.17 bits per heavy atom. The number of hydrogen-bond donors (Lipinski definition) is 3. The summed E-state index contributed by atoms with van der Waals surface area (Å²) in [6.45, 7) is 4.42. The number of amides is 5. The van der Waals surface area contributed by atoms with Crippen molar-refractivity contribution in [3.8, 4) is 0 Å².